The van der Waals surface area contributed by atoms with Gasteiger partial charge in [-0.2, -0.15) is 0 Å². The lowest BCUT2D eigenvalue weighted by molar-refractivity contribution is -0.0424. The van der Waals surface area contributed by atoms with Crippen molar-refractivity contribution in [2.45, 2.75) is 32.7 Å². The normalized spacial score (nSPS) is 12.2. The van der Waals surface area contributed by atoms with Crippen LogP contribution in [0.3, 0.4) is 0 Å². The molecule has 2 heterocycles. The molecule has 24 heavy (non-hydrogen) atoms. The van der Waals surface area contributed by atoms with Crippen molar-refractivity contribution in [3.8, 4) is 0 Å². The van der Waals surface area contributed by atoms with Gasteiger partial charge in [-0.3, -0.25) is 9.20 Å². The second kappa shape index (κ2) is 5.43. The number of aromatic nitrogens is 3. The Hall–Kier alpha value is -2.71. The van der Waals surface area contributed by atoms with Crippen LogP contribution in [0.2, 0.25) is 0 Å². The maximum absolute atomic E-state index is 12.7. The summed E-state index contributed by atoms with van der Waals surface area (Å²) in [5.74, 6) is 0. The highest BCUT2D eigenvalue weighted by Crippen LogP contribution is 2.21. The quantitative estimate of drug-likeness (QED) is 0.653. The molecule has 0 aliphatic rings. The van der Waals surface area contributed by atoms with Gasteiger partial charge in [0.05, 0.1) is 23.6 Å². The third kappa shape index (κ3) is 2.66. The zero-order valence-electron chi connectivity index (χ0n) is 13.4. The summed E-state index contributed by atoms with van der Waals surface area (Å²) < 4.78 is 7.72. The molecule has 0 saturated heterocycles. The van der Waals surface area contributed by atoms with Crippen LogP contribution in [-0.2, 0) is 4.74 Å². The monoisotopic (exact) mass is 331 g/mol. The molecule has 8 nitrogen and oxygen atoms in total. The average Bonchev–Trinajstić information content (AvgIpc) is 2.94. The Kier molecular flexibility index (Phi) is 3.66. The highest BCUT2D eigenvalue weighted by atomic mass is 16.6. The molecule has 8 heteroatoms. The fourth-order valence-electron chi connectivity index (χ4n) is 2.44. The maximum atomic E-state index is 12.7. The zero-order chi connectivity index (χ0) is 17.6. The topological polar surface area (TPSA) is 106 Å². The van der Waals surface area contributed by atoms with Crippen molar-refractivity contribution in [1.82, 2.24) is 14.0 Å². The Morgan fingerprint density at radius 3 is 2.54 bits per heavy atom. The van der Waals surface area contributed by atoms with E-state index in [0.29, 0.717) is 5.52 Å². The van der Waals surface area contributed by atoms with Gasteiger partial charge in [-0.05, 0) is 32.9 Å². The third-order valence-corrected chi connectivity index (χ3v) is 3.43. The van der Waals surface area contributed by atoms with Gasteiger partial charge in [0.15, 0.2) is 6.29 Å². The molecule has 0 atom stereocenters. The number of aliphatic hydroxyl groups is 2. The molecular formula is C16H17N3O5. The third-order valence-electron chi connectivity index (χ3n) is 3.43. The summed E-state index contributed by atoms with van der Waals surface area (Å²) in [7, 11) is 0. The minimum atomic E-state index is -1.73. The van der Waals surface area contributed by atoms with Crippen LogP contribution < -0.4 is 5.56 Å². The highest BCUT2D eigenvalue weighted by molar-refractivity contribution is 5.88. The highest BCUT2D eigenvalue weighted by Gasteiger charge is 2.23. The molecule has 0 saturated carbocycles. The molecule has 0 aliphatic heterocycles. The summed E-state index contributed by atoms with van der Waals surface area (Å²) in [4.78, 5) is 29.2. The fourth-order valence-corrected chi connectivity index (χ4v) is 2.44. The summed E-state index contributed by atoms with van der Waals surface area (Å²) >= 11 is 0. The SMILES string of the molecule is CC(C)(C)OC(=O)n1c(=O)c2cncn2c2ccc(C(O)O)cc21. The molecule has 126 valence electrons. The van der Waals surface area contributed by atoms with Crippen molar-refractivity contribution >= 4 is 22.6 Å². The minimum Gasteiger partial charge on any atom is -0.443 e. The van der Waals surface area contributed by atoms with Crippen LogP contribution >= 0.6 is 0 Å². The Morgan fingerprint density at radius 1 is 1.21 bits per heavy atom. The molecule has 0 aliphatic carbocycles. The largest absolute Gasteiger partial charge is 0.443 e. The molecule has 3 rings (SSSR count). The summed E-state index contributed by atoms with van der Waals surface area (Å²) in [6.07, 6.45) is 0.242. The number of hydrogen-bond acceptors (Lipinski definition) is 6. The molecule has 3 aromatic rings. The number of benzene rings is 1. The summed E-state index contributed by atoms with van der Waals surface area (Å²) in [6.45, 7) is 5.08. The number of imidazole rings is 1. The van der Waals surface area contributed by atoms with Crippen molar-refractivity contribution < 1.29 is 19.7 Å². The maximum Gasteiger partial charge on any atom is 0.422 e. The van der Waals surface area contributed by atoms with Gasteiger partial charge in [0.25, 0.3) is 5.56 Å². The lowest BCUT2D eigenvalue weighted by Gasteiger charge is -2.21. The van der Waals surface area contributed by atoms with E-state index in [0.717, 1.165) is 4.57 Å². The Morgan fingerprint density at radius 2 is 1.92 bits per heavy atom. The molecule has 0 radical (unpaired) electrons. The van der Waals surface area contributed by atoms with E-state index in [2.05, 4.69) is 4.98 Å². The summed E-state index contributed by atoms with van der Waals surface area (Å²) in [5, 5.41) is 18.7. The average molecular weight is 331 g/mol. The van der Waals surface area contributed by atoms with Crippen molar-refractivity contribution in [2.24, 2.45) is 0 Å². The summed E-state index contributed by atoms with van der Waals surface area (Å²) in [5.41, 5.74) is -0.311. The lowest BCUT2D eigenvalue weighted by atomic mass is 10.1. The lowest BCUT2D eigenvalue weighted by Crippen LogP contribution is -2.34. The van der Waals surface area contributed by atoms with Gasteiger partial charge in [0, 0.05) is 5.56 Å². The van der Waals surface area contributed by atoms with Crippen LogP contribution in [-0.4, -0.2) is 35.9 Å². The van der Waals surface area contributed by atoms with Crippen LogP contribution in [0, 0.1) is 0 Å². The number of aliphatic hydroxyl groups excluding tert-OH is 1. The molecule has 0 unspecified atom stereocenters. The smallest absolute Gasteiger partial charge is 0.422 e. The van der Waals surface area contributed by atoms with E-state index in [1.807, 2.05) is 0 Å². The molecule has 2 N–H and O–H groups in total. The molecule has 0 amide bonds. The molecule has 2 aromatic heterocycles. The number of hydrogen-bond donors (Lipinski definition) is 2. The molecular weight excluding hydrogens is 314 g/mol. The Bertz CT molecular complexity index is 995. The van der Waals surface area contributed by atoms with E-state index in [9.17, 15) is 19.8 Å². The second-order valence-electron chi connectivity index (χ2n) is 6.39. The first-order chi connectivity index (χ1) is 11.2. The molecule has 0 fully saturated rings. The van der Waals surface area contributed by atoms with Crippen LogP contribution in [0.4, 0.5) is 4.79 Å². The van der Waals surface area contributed by atoms with Crippen LogP contribution in [0.1, 0.15) is 32.6 Å². The Balaban J connectivity index is 2.38. The van der Waals surface area contributed by atoms with Crippen LogP contribution in [0.15, 0.2) is 35.5 Å². The van der Waals surface area contributed by atoms with Gasteiger partial charge in [-0.25, -0.2) is 14.3 Å². The van der Waals surface area contributed by atoms with Gasteiger partial charge in [-0.1, -0.05) is 6.07 Å². The van der Waals surface area contributed by atoms with E-state index >= 15 is 0 Å². The van der Waals surface area contributed by atoms with E-state index < -0.39 is 23.5 Å². The van der Waals surface area contributed by atoms with E-state index in [1.165, 1.54) is 29.1 Å². The number of carbonyl (C=O) groups excluding carboxylic acids is 1. The molecule has 0 bridgehead atoms. The van der Waals surface area contributed by atoms with Crippen LogP contribution in [0.5, 0.6) is 0 Å². The van der Waals surface area contributed by atoms with Gasteiger partial charge in [0.2, 0.25) is 0 Å². The van der Waals surface area contributed by atoms with Gasteiger partial charge in [-0.15, -0.1) is 0 Å². The van der Waals surface area contributed by atoms with Crippen molar-refractivity contribution in [2.75, 3.05) is 0 Å². The van der Waals surface area contributed by atoms with Crippen LogP contribution in [0.25, 0.3) is 16.6 Å². The minimum absolute atomic E-state index is 0.152. The number of nitrogens with zero attached hydrogens (tertiary/aromatic N) is 3. The van der Waals surface area contributed by atoms with Crippen molar-refractivity contribution in [1.29, 1.82) is 0 Å². The molecule has 1 aromatic carbocycles. The van der Waals surface area contributed by atoms with Gasteiger partial charge in [0.1, 0.15) is 11.1 Å². The molecule has 0 spiro atoms. The standard InChI is InChI=1S/C16H17N3O5/c1-16(2,3)24-15(23)19-11-6-9(14(21)22)4-5-10(11)18-8-17-7-12(18)13(19)20/h4-8,14,21-22H,1-3H3. The number of fused-ring (bicyclic) bond motifs is 3. The predicted molar refractivity (Wildman–Crippen MR) is 85.8 cm³/mol. The van der Waals surface area contributed by atoms with Crippen molar-refractivity contribution in [3.63, 3.8) is 0 Å². The number of carbonyl (C=O) groups is 1. The van der Waals surface area contributed by atoms with E-state index in [-0.39, 0.29) is 16.6 Å². The first-order valence-corrected chi connectivity index (χ1v) is 7.29. The fraction of sp³-hybridized carbons (Fsp3) is 0.312. The number of rotatable bonds is 1. The Labute approximate surface area is 136 Å². The zero-order valence-corrected chi connectivity index (χ0v) is 13.4. The first-order valence-electron chi connectivity index (χ1n) is 7.29. The second-order valence-corrected chi connectivity index (χ2v) is 6.39. The van der Waals surface area contributed by atoms with Gasteiger partial charge >= 0.3 is 6.09 Å². The summed E-state index contributed by atoms with van der Waals surface area (Å²) in [6, 6.07) is 4.44. The van der Waals surface area contributed by atoms with E-state index in [1.54, 1.807) is 26.8 Å². The van der Waals surface area contributed by atoms with Gasteiger partial charge < -0.3 is 14.9 Å². The first kappa shape index (κ1) is 16.2. The van der Waals surface area contributed by atoms with E-state index in [4.69, 9.17) is 4.74 Å². The van der Waals surface area contributed by atoms with Crippen molar-refractivity contribution in [3.05, 3.63) is 46.6 Å². The number of ether oxygens (including phenoxy) is 1. The predicted octanol–water partition coefficient (Wildman–Crippen LogP) is 1.42.